The van der Waals surface area contributed by atoms with E-state index >= 15 is 0 Å². The van der Waals surface area contributed by atoms with Crippen molar-refractivity contribution in [3.05, 3.63) is 0 Å². The lowest BCUT2D eigenvalue weighted by Gasteiger charge is -2.30. The lowest BCUT2D eigenvalue weighted by Crippen LogP contribution is -2.45. The van der Waals surface area contributed by atoms with Gasteiger partial charge in [-0.3, -0.25) is 0 Å². The summed E-state index contributed by atoms with van der Waals surface area (Å²) in [4.78, 5) is 0. The first kappa shape index (κ1) is 7.88. The van der Waals surface area contributed by atoms with Crippen LogP contribution in [0.25, 0.3) is 0 Å². The molecule has 1 saturated heterocycles. The molecular formula is C6H10F2O2. The van der Waals surface area contributed by atoms with E-state index in [1.54, 1.807) is 0 Å². The molecule has 1 aliphatic rings. The van der Waals surface area contributed by atoms with Gasteiger partial charge in [0, 0.05) is 6.61 Å². The first-order valence-corrected chi connectivity index (χ1v) is 3.23. The Kier molecular flexibility index (Phi) is 2.21. The smallest absolute Gasteiger partial charge is 0.269 e. The van der Waals surface area contributed by atoms with Gasteiger partial charge in [0.1, 0.15) is 5.60 Å². The quantitative estimate of drug-likeness (QED) is 0.602. The maximum atomic E-state index is 12.0. The molecule has 0 amide bonds. The van der Waals surface area contributed by atoms with Crippen LogP contribution < -0.4 is 0 Å². The summed E-state index contributed by atoms with van der Waals surface area (Å²) in [7, 11) is 0. The molecule has 0 bridgehead atoms. The van der Waals surface area contributed by atoms with E-state index in [9.17, 15) is 8.78 Å². The van der Waals surface area contributed by atoms with E-state index < -0.39 is 12.0 Å². The van der Waals surface area contributed by atoms with E-state index in [4.69, 9.17) is 9.84 Å². The van der Waals surface area contributed by atoms with Crippen LogP contribution in [0.3, 0.4) is 0 Å². The zero-order chi connectivity index (χ0) is 7.61. The molecule has 1 N–H and O–H groups in total. The first-order chi connectivity index (χ1) is 4.65. The minimum Gasteiger partial charge on any atom is -0.381 e. The maximum absolute atomic E-state index is 12.0. The van der Waals surface area contributed by atoms with Gasteiger partial charge in [0.25, 0.3) is 6.43 Å². The summed E-state index contributed by atoms with van der Waals surface area (Å²) in [6.07, 6.45) is -2.03. The summed E-state index contributed by atoms with van der Waals surface area (Å²) >= 11 is 0. The summed E-state index contributed by atoms with van der Waals surface area (Å²) in [6, 6.07) is 0. The summed E-state index contributed by atoms with van der Waals surface area (Å²) in [5.41, 5.74) is -1.88. The molecule has 2 nitrogen and oxygen atoms in total. The molecule has 0 aromatic heterocycles. The van der Waals surface area contributed by atoms with Crippen molar-refractivity contribution < 1.29 is 18.6 Å². The molecule has 60 valence electrons. The van der Waals surface area contributed by atoms with Gasteiger partial charge >= 0.3 is 0 Å². The van der Waals surface area contributed by atoms with E-state index in [1.165, 1.54) is 0 Å². The third kappa shape index (κ3) is 1.44. The highest BCUT2D eigenvalue weighted by Gasteiger charge is 2.39. The summed E-state index contributed by atoms with van der Waals surface area (Å²) in [5.74, 6) is 0. The van der Waals surface area contributed by atoms with Gasteiger partial charge < -0.3 is 9.84 Å². The molecule has 1 aliphatic heterocycles. The highest BCUT2D eigenvalue weighted by atomic mass is 19.3. The van der Waals surface area contributed by atoms with Crippen molar-refractivity contribution in [2.45, 2.75) is 24.9 Å². The average Bonchev–Trinajstić information content (AvgIpc) is 1.89. The number of alkyl halides is 2. The van der Waals surface area contributed by atoms with Crippen LogP contribution >= 0.6 is 0 Å². The van der Waals surface area contributed by atoms with E-state index in [2.05, 4.69) is 0 Å². The van der Waals surface area contributed by atoms with Gasteiger partial charge in [-0.15, -0.1) is 0 Å². The Balaban J connectivity index is 2.48. The van der Waals surface area contributed by atoms with Gasteiger partial charge in [-0.05, 0) is 12.8 Å². The highest BCUT2D eigenvalue weighted by molar-refractivity contribution is 4.83. The zero-order valence-corrected chi connectivity index (χ0v) is 5.52. The lowest BCUT2D eigenvalue weighted by atomic mass is 9.98. The Bertz CT molecular complexity index is 110. The Morgan fingerprint density at radius 2 is 2.20 bits per heavy atom. The van der Waals surface area contributed by atoms with Gasteiger partial charge in [-0.25, -0.2) is 8.78 Å². The van der Waals surface area contributed by atoms with Crippen LogP contribution in [0.1, 0.15) is 12.8 Å². The number of hydrogen-bond donors (Lipinski definition) is 1. The molecule has 1 fully saturated rings. The molecule has 1 heterocycles. The Labute approximate surface area is 57.8 Å². The van der Waals surface area contributed by atoms with Gasteiger partial charge in [0.05, 0.1) is 6.61 Å². The van der Waals surface area contributed by atoms with Crippen LogP contribution in [0.2, 0.25) is 0 Å². The van der Waals surface area contributed by atoms with Gasteiger partial charge in [0.2, 0.25) is 0 Å². The molecule has 1 unspecified atom stereocenters. The predicted molar refractivity (Wildman–Crippen MR) is 31.0 cm³/mol. The van der Waals surface area contributed by atoms with Crippen LogP contribution in [0.4, 0.5) is 8.78 Å². The fraction of sp³-hybridized carbons (Fsp3) is 1.00. The second kappa shape index (κ2) is 2.80. The fourth-order valence-corrected chi connectivity index (χ4v) is 0.974. The lowest BCUT2D eigenvalue weighted by molar-refractivity contribution is -0.162. The minimum atomic E-state index is -2.69. The van der Waals surface area contributed by atoms with Gasteiger partial charge in [0.15, 0.2) is 0 Å². The van der Waals surface area contributed by atoms with Crippen molar-refractivity contribution in [1.29, 1.82) is 0 Å². The van der Waals surface area contributed by atoms with Crippen LogP contribution in [-0.4, -0.2) is 30.3 Å². The van der Waals surface area contributed by atoms with E-state index in [-0.39, 0.29) is 13.0 Å². The van der Waals surface area contributed by atoms with Crippen molar-refractivity contribution in [3.8, 4) is 0 Å². The minimum absolute atomic E-state index is 0.144. The standard InChI is InChI=1S/C6H10F2O2/c7-5(8)6(9)2-1-3-10-4-6/h5,9H,1-4H2. The first-order valence-electron chi connectivity index (χ1n) is 3.23. The van der Waals surface area contributed by atoms with Crippen LogP contribution in [-0.2, 0) is 4.74 Å². The molecule has 0 aliphatic carbocycles. The van der Waals surface area contributed by atoms with Crippen molar-refractivity contribution >= 4 is 0 Å². The van der Waals surface area contributed by atoms with Gasteiger partial charge in [-0.2, -0.15) is 0 Å². The number of aliphatic hydroxyl groups is 1. The summed E-state index contributed by atoms with van der Waals surface area (Å²) < 4.78 is 28.7. The largest absolute Gasteiger partial charge is 0.381 e. The third-order valence-corrected chi connectivity index (χ3v) is 1.66. The van der Waals surface area contributed by atoms with Crippen LogP contribution in [0.5, 0.6) is 0 Å². The maximum Gasteiger partial charge on any atom is 0.269 e. The molecule has 0 spiro atoms. The van der Waals surface area contributed by atoms with Crippen molar-refractivity contribution in [2.24, 2.45) is 0 Å². The second-order valence-corrected chi connectivity index (χ2v) is 2.56. The molecule has 0 radical (unpaired) electrons. The molecule has 4 heteroatoms. The summed E-state index contributed by atoms with van der Waals surface area (Å²) in [6.45, 7) is 0.250. The van der Waals surface area contributed by atoms with Gasteiger partial charge in [-0.1, -0.05) is 0 Å². The van der Waals surface area contributed by atoms with E-state index in [1.807, 2.05) is 0 Å². The Morgan fingerprint density at radius 3 is 2.50 bits per heavy atom. The molecule has 0 aromatic carbocycles. The Morgan fingerprint density at radius 1 is 1.50 bits per heavy atom. The Hall–Kier alpha value is -0.220. The molecule has 0 aromatic rings. The van der Waals surface area contributed by atoms with Crippen molar-refractivity contribution in [3.63, 3.8) is 0 Å². The zero-order valence-electron chi connectivity index (χ0n) is 5.52. The number of ether oxygens (including phenoxy) is 1. The normalized spacial score (nSPS) is 34.8. The van der Waals surface area contributed by atoms with E-state index in [0.717, 1.165) is 0 Å². The van der Waals surface area contributed by atoms with Crippen molar-refractivity contribution in [1.82, 2.24) is 0 Å². The summed E-state index contributed by atoms with van der Waals surface area (Å²) in [5, 5.41) is 9.07. The molecule has 1 atom stereocenters. The molecule has 10 heavy (non-hydrogen) atoms. The van der Waals surface area contributed by atoms with Crippen molar-refractivity contribution in [2.75, 3.05) is 13.2 Å². The average molecular weight is 152 g/mol. The third-order valence-electron chi connectivity index (χ3n) is 1.66. The van der Waals surface area contributed by atoms with Crippen LogP contribution in [0, 0.1) is 0 Å². The fourth-order valence-electron chi connectivity index (χ4n) is 0.974. The molecular weight excluding hydrogens is 142 g/mol. The predicted octanol–water partition coefficient (Wildman–Crippen LogP) is 0.793. The topological polar surface area (TPSA) is 29.5 Å². The van der Waals surface area contributed by atoms with E-state index in [0.29, 0.717) is 13.0 Å². The monoisotopic (exact) mass is 152 g/mol. The second-order valence-electron chi connectivity index (χ2n) is 2.56. The number of hydrogen-bond acceptors (Lipinski definition) is 2. The SMILES string of the molecule is OC1(C(F)F)CCCOC1. The van der Waals surface area contributed by atoms with Crippen LogP contribution in [0.15, 0.2) is 0 Å². The number of rotatable bonds is 1. The number of halogens is 2. The highest BCUT2D eigenvalue weighted by Crippen LogP contribution is 2.25. The molecule has 0 saturated carbocycles. The molecule has 1 rings (SSSR count).